The Bertz CT molecular complexity index is 389. The van der Waals surface area contributed by atoms with Gasteiger partial charge >= 0.3 is 0 Å². The molecule has 0 radical (unpaired) electrons. The lowest BCUT2D eigenvalue weighted by atomic mass is 10.1. The zero-order chi connectivity index (χ0) is 12.6. The summed E-state index contributed by atoms with van der Waals surface area (Å²) in [6.45, 7) is 0.797. The van der Waals surface area contributed by atoms with Gasteiger partial charge in [-0.2, -0.15) is 0 Å². The summed E-state index contributed by atoms with van der Waals surface area (Å²) >= 11 is 0. The van der Waals surface area contributed by atoms with Crippen LogP contribution in [0.3, 0.4) is 0 Å². The van der Waals surface area contributed by atoms with E-state index in [1.165, 1.54) is 6.42 Å². The highest BCUT2D eigenvalue weighted by Crippen LogP contribution is 2.14. The fraction of sp³-hybridized carbons (Fsp3) is 0.400. The van der Waals surface area contributed by atoms with E-state index in [1.54, 1.807) is 6.26 Å². The predicted octanol–water partition coefficient (Wildman–Crippen LogP) is 3.10. The van der Waals surface area contributed by atoms with Crippen LogP contribution in [-0.2, 0) is 15.9 Å². The van der Waals surface area contributed by atoms with Crippen LogP contribution in [0.5, 0.6) is 0 Å². The lowest BCUT2D eigenvalue weighted by Gasteiger charge is -2.21. The van der Waals surface area contributed by atoms with E-state index in [-0.39, 0.29) is 6.29 Å². The SMILES string of the molecule is O=Cc1ccc(C/C=C\OC2CCCCO2)cc1. The second-order valence-electron chi connectivity index (χ2n) is 4.37. The molecule has 0 saturated carbocycles. The Labute approximate surface area is 107 Å². The second kappa shape index (κ2) is 6.97. The van der Waals surface area contributed by atoms with Crippen molar-refractivity contribution in [3.8, 4) is 0 Å². The van der Waals surface area contributed by atoms with Gasteiger partial charge in [0.15, 0.2) is 6.29 Å². The monoisotopic (exact) mass is 246 g/mol. The topological polar surface area (TPSA) is 35.5 Å². The minimum atomic E-state index is -0.0764. The normalized spacial score (nSPS) is 19.9. The standard InChI is InChI=1S/C15H18O3/c16-12-14-8-6-13(7-9-14)4-3-11-18-15-5-1-2-10-17-15/h3,6-9,11-12,15H,1-2,4-5,10H2/b11-3-. The van der Waals surface area contributed by atoms with Crippen LogP contribution in [0.4, 0.5) is 0 Å². The van der Waals surface area contributed by atoms with Gasteiger partial charge in [0.2, 0.25) is 0 Å². The number of benzene rings is 1. The van der Waals surface area contributed by atoms with E-state index < -0.39 is 0 Å². The first-order valence-electron chi connectivity index (χ1n) is 6.34. The van der Waals surface area contributed by atoms with Gasteiger partial charge in [0.25, 0.3) is 0 Å². The summed E-state index contributed by atoms with van der Waals surface area (Å²) < 4.78 is 10.9. The van der Waals surface area contributed by atoms with Crippen molar-refractivity contribution >= 4 is 6.29 Å². The van der Waals surface area contributed by atoms with Crippen LogP contribution in [0.15, 0.2) is 36.6 Å². The molecule has 1 aliphatic heterocycles. The molecule has 1 aromatic carbocycles. The Hall–Kier alpha value is -1.61. The molecule has 1 aromatic rings. The number of allylic oxidation sites excluding steroid dienone is 1. The Balaban J connectivity index is 1.74. The molecule has 2 rings (SSSR count). The van der Waals surface area contributed by atoms with Gasteiger partial charge in [-0.3, -0.25) is 4.79 Å². The molecular formula is C15H18O3. The Morgan fingerprint density at radius 3 is 2.78 bits per heavy atom. The first kappa shape index (κ1) is 12.8. The molecule has 3 heteroatoms. The molecule has 1 atom stereocenters. The number of rotatable bonds is 5. The molecule has 18 heavy (non-hydrogen) atoms. The van der Waals surface area contributed by atoms with Gasteiger partial charge in [0, 0.05) is 12.0 Å². The average Bonchev–Trinajstić information content (AvgIpc) is 2.45. The van der Waals surface area contributed by atoms with Crippen LogP contribution in [0.1, 0.15) is 35.2 Å². The third-order valence-corrected chi connectivity index (χ3v) is 2.93. The van der Waals surface area contributed by atoms with E-state index in [9.17, 15) is 4.79 Å². The summed E-state index contributed by atoms with van der Waals surface area (Å²) in [4.78, 5) is 10.5. The summed E-state index contributed by atoms with van der Waals surface area (Å²) in [5.74, 6) is 0. The van der Waals surface area contributed by atoms with E-state index in [2.05, 4.69) is 0 Å². The maximum Gasteiger partial charge on any atom is 0.198 e. The zero-order valence-corrected chi connectivity index (χ0v) is 10.4. The summed E-state index contributed by atoms with van der Waals surface area (Å²) in [5.41, 5.74) is 1.86. The lowest BCUT2D eigenvalue weighted by Crippen LogP contribution is -2.19. The number of carbonyl (C=O) groups is 1. The van der Waals surface area contributed by atoms with E-state index in [1.807, 2.05) is 30.3 Å². The molecule has 3 nitrogen and oxygen atoms in total. The molecule has 0 spiro atoms. The van der Waals surface area contributed by atoms with Gasteiger partial charge in [-0.25, -0.2) is 0 Å². The Morgan fingerprint density at radius 2 is 2.11 bits per heavy atom. The minimum Gasteiger partial charge on any atom is -0.473 e. The highest BCUT2D eigenvalue weighted by molar-refractivity contribution is 5.74. The van der Waals surface area contributed by atoms with E-state index in [0.29, 0.717) is 5.56 Å². The molecule has 0 N–H and O–H groups in total. The highest BCUT2D eigenvalue weighted by Gasteiger charge is 2.12. The van der Waals surface area contributed by atoms with Gasteiger partial charge < -0.3 is 9.47 Å². The first-order valence-corrected chi connectivity index (χ1v) is 6.34. The number of hydrogen-bond acceptors (Lipinski definition) is 3. The zero-order valence-electron chi connectivity index (χ0n) is 10.4. The third kappa shape index (κ3) is 4.00. The third-order valence-electron chi connectivity index (χ3n) is 2.93. The van der Waals surface area contributed by atoms with Crippen molar-refractivity contribution in [3.05, 3.63) is 47.7 Å². The average molecular weight is 246 g/mol. The van der Waals surface area contributed by atoms with Crippen LogP contribution >= 0.6 is 0 Å². The predicted molar refractivity (Wildman–Crippen MR) is 69.3 cm³/mol. The van der Waals surface area contributed by atoms with Crippen LogP contribution in [0.25, 0.3) is 0 Å². The van der Waals surface area contributed by atoms with Crippen molar-refractivity contribution in [3.63, 3.8) is 0 Å². The summed E-state index contributed by atoms with van der Waals surface area (Å²) in [5, 5.41) is 0. The van der Waals surface area contributed by atoms with Crippen molar-refractivity contribution < 1.29 is 14.3 Å². The minimum absolute atomic E-state index is 0.0764. The largest absolute Gasteiger partial charge is 0.473 e. The van der Waals surface area contributed by atoms with Gasteiger partial charge in [0.1, 0.15) is 6.29 Å². The second-order valence-corrected chi connectivity index (χ2v) is 4.37. The van der Waals surface area contributed by atoms with Gasteiger partial charge in [0.05, 0.1) is 12.9 Å². The van der Waals surface area contributed by atoms with Crippen LogP contribution in [-0.4, -0.2) is 19.2 Å². The summed E-state index contributed by atoms with van der Waals surface area (Å²) in [6.07, 6.45) is 8.52. The summed E-state index contributed by atoms with van der Waals surface area (Å²) in [6, 6.07) is 7.54. The first-order chi connectivity index (χ1) is 8.88. The van der Waals surface area contributed by atoms with Crippen molar-refractivity contribution in [1.82, 2.24) is 0 Å². The Kier molecular flexibility index (Phi) is 4.97. The smallest absolute Gasteiger partial charge is 0.198 e. The molecule has 0 amide bonds. The van der Waals surface area contributed by atoms with E-state index in [4.69, 9.17) is 9.47 Å². The number of ether oxygens (including phenoxy) is 2. The number of aldehydes is 1. The number of hydrogen-bond donors (Lipinski definition) is 0. The summed E-state index contributed by atoms with van der Waals surface area (Å²) in [7, 11) is 0. The molecule has 1 fully saturated rings. The highest BCUT2D eigenvalue weighted by atomic mass is 16.7. The van der Waals surface area contributed by atoms with Crippen LogP contribution in [0, 0.1) is 0 Å². The Morgan fingerprint density at radius 1 is 1.28 bits per heavy atom. The van der Waals surface area contributed by atoms with Gasteiger partial charge in [-0.1, -0.05) is 24.3 Å². The molecule has 0 aliphatic carbocycles. The van der Waals surface area contributed by atoms with Crippen molar-refractivity contribution in [1.29, 1.82) is 0 Å². The maximum absolute atomic E-state index is 10.5. The molecule has 1 saturated heterocycles. The van der Waals surface area contributed by atoms with Gasteiger partial charge in [-0.05, 0) is 30.9 Å². The molecule has 1 aliphatic rings. The molecule has 96 valence electrons. The lowest BCUT2D eigenvalue weighted by molar-refractivity contribution is -0.129. The van der Waals surface area contributed by atoms with Crippen molar-refractivity contribution in [2.24, 2.45) is 0 Å². The van der Waals surface area contributed by atoms with Crippen LogP contribution in [0.2, 0.25) is 0 Å². The molecular weight excluding hydrogens is 228 g/mol. The van der Waals surface area contributed by atoms with Crippen molar-refractivity contribution in [2.45, 2.75) is 32.0 Å². The molecule has 1 heterocycles. The molecule has 0 bridgehead atoms. The maximum atomic E-state index is 10.5. The molecule has 1 unspecified atom stereocenters. The van der Waals surface area contributed by atoms with E-state index in [0.717, 1.165) is 37.7 Å². The fourth-order valence-electron chi connectivity index (χ4n) is 1.88. The van der Waals surface area contributed by atoms with Crippen molar-refractivity contribution in [2.75, 3.05) is 6.61 Å². The van der Waals surface area contributed by atoms with E-state index >= 15 is 0 Å². The fourth-order valence-corrected chi connectivity index (χ4v) is 1.88. The van der Waals surface area contributed by atoms with Gasteiger partial charge in [-0.15, -0.1) is 0 Å². The quantitative estimate of drug-likeness (QED) is 0.591. The van der Waals surface area contributed by atoms with Crippen LogP contribution < -0.4 is 0 Å². The molecule has 0 aromatic heterocycles. The number of carbonyl (C=O) groups excluding carboxylic acids is 1.